The zero-order chi connectivity index (χ0) is 28.6. The monoisotopic (exact) mass is 558 g/mol. The van der Waals surface area contributed by atoms with Gasteiger partial charge in [-0.05, 0) is 49.6 Å². The summed E-state index contributed by atoms with van der Waals surface area (Å²) >= 11 is 1.13. The third-order valence-electron chi connectivity index (χ3n) is 7.00. The van der Waals surface area contributed by atoms with Crippen molar-refractivity contribution in [3.05, 3.63) is 81.1 Å². The van der Waals surface area contributed by atoms with Crippen molar-refractivity contribution in [3.63, 3.8) is 0 Å². The second-order valence-corrected chi connectivity index (χ2v) is 11.0. The van der Waals surface area contributed by atoms with Crippen LogP contribution in [0.5, 0.6) is 0 Å². The second-order valence-electron chi connectivity index (χ2n) is 10.1. The highest BCUT2D eigenvalue weighted by atomic mass is 32.1. The number of aromatic nitrogens is 2. The molecule has 1 fully saturated rings. The number of hydrogen-bond donors (Lipinski definition) is 1. The molecule has 10 heteroatoms. The number of rotatable bonds is 7. The van der Waals surface area contributed by atoms with Gasteiger partial charge in [-0.1, -0.05) is 43.7 Å². The Morgan fingerprint density at radius 3 is 2.40 bits per heavy atom. The molecule has 1 atom stereocenters. The molecule has 1 saturated heterocycles. The highest BCUT2D eigenvalue weighted by Gasteiger charge is 2.36. The molecule has 40 heavy (non-hydrogen) atoms. The summed E-state index contributed by atoms with van der Waals surface area (Å²) in [5.41, 5.74) is 2.91. The number of fused-ring (bicyclic) bond motifs is 1. The van der Waals surface area contributed by atoms with E-state index in [9.17, 15) is 19.2 Å². The van der Waals surface area contributed by atoms with Crippen molar-refractivity contribution in [3.8, 4) is 5.69 Å². The highest BCUT2D eigenvalue weighted by molar-refractivity contribution is 7.16. The predicted molar refractivity (Wildman–Crippen MR) is 156 cm³/mol. The maximum absolute atomic E-state index is 13.7. The first-order valence-electron chi connectivity index (χ1n) is 13.2. The lowest BCUT2D eigenvalue weighted by molar-refractivity contribution is -0.122. The fraction of sp³-hybridized carbons (Fsp3) is 0.300. The normalized spacial score (nSPS) is 15.2. The Balaban J connectivity index is 1.50. The van der Waals surface area contributed by atoms with Crippen LogP contribution in [-0.4, -0.2) is 40.7 Å². The Kier molecular flexibility index (Phi) is 7.53. The van der Waals surface area contributed by atoms with Crippen molar-refractivity contribution >= 4 is 50.6 Å². The molecule has 1 aliphatic heterocycles. The van der Waals surface area contributed by atoms with Crippen LogP contribution in [0.1, 0.15) is 54.7 Å². The molecule has 9 nitrogen and oxygen atoms in total. The second kappa shape index (κ2) is 11.1. The van der Waals surface area contributed by atoms with Crippen molar-refractivity contribution in [2.24, 2.45) is 5.92 Å². The molecule has 2 amide bonds. The topological polar surface area (TPSA) is 111 Å². The number of ether oxygens (including phenoxy) is 1. The number of amides is 2. The van der Waals surface area contributed by atoms with Gasteiger partial charge in [0.2, 0.25) is 11.8 Å². The summed E-state index contributed by atoms with van der Waals surface area (Å²) in [5, 5.41) is 9.62. The fourth-order valence-electron chi connectivity index (χ4n) is 4.74. The van der Waals surface area contributed by atoms with Crippen LogP contribution in [0.3, 0.4) is 0 Å². The zero-order valence-electron chi connectivity index (χ0n) is 22.8. The first-order valence-corrected chi connectivity index (χ1v) is 14.1. The molecule has 0 spiro atoms. The van der Waals surface area contributed by atoms with E-state index in [0.717, 1.165) is 28.2 Å². The number of nitrogens with zero attached hydrogens (tertiary/aromatic N) is 3. The molecule has 3 heterocycles. The van der Waals surface area contributed by atoms with E-state index in [1.54, 1.807) is 29.3 Å². The molecule has 0 aliphatic carbocycles. The van der Waals surface area contributed by atoms with Crippen LogP contribution in [0.4, 0.5) is 10.7 Å². The van der Waals surface area contributed by atoms with Crippen molar-refractivity contribution in [1.82, 2.24) is 9.78 Å². The SMILES string of the molecule is CCOC(=O)c1nn(-c2ccc(C(C)C)cc2)c(=O)c2c(NC(=O)C3CC(=O)N(c4ccc(C)cc4)C3)scc12. The molecule has 0 bridgehead atoms. The summed E-state index contributed by atoms with van der Waals surface area (Å²) < 4.78 is 6.39. The Hall–Kier alpha value is -4.31. The van der Waals surface area contributed by atoms with E-state index in [1.165, 1.54) is 4.68 Å². The van der Waals surface area contributed by atoms with Gasteiger partial charge in [0.25, 0.3) is 5.56 Å². The summed E-state index contributed by atoms with van der Waals surface area (Å²) in [6.45, 7) is 8.18. The van der Waals surface area contributed by atoms with Crippen molar-refractivity contribution < 1.29 is 19.1 Å². The third-order valence-corrected chi connectivity index (χ3v) is 7.90. The number of aryl methyl sites for hydroxylation is 1. The number of anilines is 2. The summed E-state index contributed by atoms with van der Waals surface area (Å²) in [5.74, 6) is -1.46. The quantitative estimate of drug-likeness (QED) is 0.318. The van der Waals surface area contributed by atoms with E-state index in [1.807, 2.05) is 43.3 Å². The summed E-state index contributed by atoms with van der Waals surface area (Å²) in [6.07, 6.45) is 0.0606. The molecular weight excluding hydrogens is 528 g/mol. The van der Waals surface area contributed by atoms with Crippen LogP contribution in [0.2, 0.25) is 0 Å². The van der Waals surface area contributed by atoms with Crippen LogP contribution in [0, 0.1) is 12.8 Å². The van der Waals surface area contributed by atoms with E-state index in [-0.39, 0.29) is 42.5 Å². The van der Waals surface area contributed by atoms with E-state index < -0.39 is 17.4 Å². The Morgan fingerprint density at radius 1 is 1.07 bits per heavy atom. The van der Waals surface area contributed by atoms with Crippen LogP contribution >= 0.6 is 11.3 Å². The number of hydrogen-bond acceptors (Lipinski definition) is 7. The third kappa shape index (κ3) is 5.14. The molecule has 2 aromatic carbocycles. The number of benzene rings is 2. The van der Waals surface area contributed by atoms with Gasteiger partial charge in [0.05, 0.1) is 23.6 Å². The number of carbonyl (C=O) groups excluding carboxylic acids is 3. The van der Waals surface area contributed by atoms with Gasteiger partial charge >= 0.3 is 5.97 Å². The van der Waals surface area contributed by atoms with E-state index in [2.05, 4.69) is 24.3 Å². The minimum absolute atomic E-state index is 0.0114. The molecule has 2 aromatic heterocycles. The maximum atomic E-state index is 13.7. The van der Waals surface area contributed by atoms with Crippen LogP contribution in [0.25, 0.3) is 16.5 Å². The number of nitrogens with one attached hydrogen (secondary N) is 1. The summed E-state index contributed by atoms with van der Waals surface area (Å²) in [6, 6.07) is 14.9. The van der Waals surface area contributed by atoms with Crippen molar-refractivity contribution in [1.29, 1.82) is 0 Å². The summed E-state index contributed by atoms with van der Waals surface area (Å²) in [4.78, 5) is 54.2. The van der Waals surface area contributed by atoms with Gasteiger partial charge in [-0.2, -0.15) is 9.78 Å². The standard InChI is InChI=1S/C30H30N4O5S/c1-5-39-30(38)26-23-16-40-28(25(23)29(37)34(32-26)22-12-8-19(9-13-22)17(2)3)31-27(36)20-14-24(35)33(15-20)21-10-6-18(4)7-11-21/h6-13,16-17,20H,5,14-15H2,1-4H3,(H,31,36). The van der Waals surface area contributed by atoms with Gasteiger partial charge in [-0.25, -0.2) is 4.79 Å². The average Bonchev–Trinajstić information content (AvgIpc) is 3.54. The molecule has 1 unspecified atom stereocenters. The van der Waals surface area contributed by atoms with Crippen LogP contribution in [0.15, 0.2) is 58.7 Å². The van der Waals surface area contributed by atoms with Gasteiger partial charge in [0, 0.05) is 29.4 Å². The molecule has 206 valence electrons. The van der Waals surface area contributed by atoms with Gasteiger partial charge in [0.1, 0.15) is 5.00 Å². The van der Waals surface area contributed by atoms with Crippen LogP contribution in [-0.2, 0) is 14.3 Å². The summed E-state index contributed by atoms with van der Waals surface area (Å²) in [7, 11) is 0. The largest absolute Gasteiger partial charge is 0.461 e. The van der Waals surface area contributed by atoms with Gasteiger partial charge in [-0.15, -0.1) is 11.3 Å². The predicted octanol–water partition coefficient (Wildman–Crippen LogP) is 5.05. The molecule has 4 aromatic rings. The molecule has 0 radical (unpaired) electrons. The van der Waals surface area contributed by atoms with Gasteiger partial charge in [-0.3, -0.25) is 14.4 Å². The fourth-order valence-corrected chi connectivity index (χ4v) is 5.68. The Morgan fingerprint density at radius 2 is 1.75 bits per heavy atom. The molecule has 1 N–H and O–H groups in total. The lowest BCUT2D eigenvalue weighted by atomic mass is 10.0. The van der Waals surface area contributed by atoms with Gasteiger partial charge in [0.15, 0.2) is 5.69 Å². The first-order chi connectivity index (χ1) is 19.2. The Labute approximate surface area is 235 Å². The molecule has 5 rings (SSSR count). The lowest BCUT2D eigenvalue weighted by Gasteiger charge is -2.17. The van der Waals surface area contributed by atoms with E-state index in [0.29, 0.717) is 22.0 Å². The molecule has 0 saturated carbocycles. The highest BCUT2D eigenvalue weighted by Crippen LogP contribution is 2.33. The molecule has 1 aliphatic rings. The number of esters is 1. The number of thiophene rings is 1. The minimum Gasteiger partial charge on any atom is -0.461 e. The van der Waals surface area contributed by atoms with E-state index >= 15 is 0 Å². The smallest absolute Gasteiger partial charge is 0.359 e. The van der Waals surface area contributed by atoms with Gasteiger partial charge < -0.3 is 15.0 Å². The average molecular weight is 559 g/mol. The zero-order valence-corrected chi connectivity index (χ0v) is 23.6. The van der Waals surface area contributed by atoms with Crippen LogP contribution < -0.4 is 15.8 Å². The van der Waals surface area contributed by atoms with E-state index in [4.69, 9.17) is 4.74 Å². The first kappa shape index (κ1) is 27.3. The van der Waals surface area contributed by atoms with Crippen molar-refractivity contribution in [2.45, 2.75) is 40.0 Å². The minimum atomic E-state index is -0.661. The number of carbonyl (C=O) groups is 3. The Bertz CT molecular complexity index is 1650. The lowest BCUT2D eigenvalue weighted by Crippen LogP contribution is -2.29. The molecular formula is C30H30N4O5S. The maximum Gasteiger partial charge on any atom is 0.359 e. The van der Waals surface area contributed by atoms with Crippen molar-refractivity contribution in [2.75, 3.05) is 23.4 Å².